The Morgan fingerprint density at radius 3 is 2.75 bits per heavy atom. The molecule has 1 aromatic heterocycles. The molecule has 0 bridgehead atoms. The minimum atomic E-state index is 0.695. The van der Waals surface area contributed by atoms with Crippen LogP contribution in [0.1, 0.15) is 22.5 Å². The first-order valence-corrected chi connectivity index (χ1v) is 6.54. The molecular weight excluding hydrogens is 250 g/mol. The first kappa shape index (κ1) is 14.2. The van der Waals surface area contributed by atoms with Gasteiger partial charge in [-0.25, -0.2) is 0 Å². The summed E-state index contributed by atoms with van der Waals surface area (Å²) in [5, 5.41) is 12.4. The van der Waals surface area contributed by atoms with Gasteiger partial charge in [-0.2, -0.15) is 5.26 Å². The number of nitrogens with zero attached hydrogens (tertiary/aromatic N) is 2. The number of methoxy groups -OCH3 is 1. The molecule has 0 saturated carbocycles. The molecule has 0 radical (unpaired) electrons. The molecule has 0 aliphatic rings. The van der Waals surface area contributed by atoms with Gasteiger partial charge >= 0.3 is 0 Å². The second-order valence-electron chi connectivity index (χ2n) is 4.77. The molecule has 0 unspecified atom stereocenters. The predicted molar refractivity (Wildman–Crippen MR) is 78.4 cm³/mol. The van der Waals surface area contributed by atoms with E-state index in [1.807, 2.05) is 42.8 Å². The lowest BCUT2D eigenvalue weighted by Gasteiger charge is -2.07. The number of ether oxygens (including phenoxy) is 1. The quantitative estimate of drug-likeness (QED) is 0.907. The van der Waals surface area contributed by atoms with Crippen molar-refractivity contribution < 1.29 is 4.74 Å². The van der Waals surface area contributed by atoms with Gasteiger partial charge in [0.1, 0.15) is 17.5 Å². The van der Waals surface area contributed by atoms with E-state index in [1.54, 1.807) is 7.11 Å². The number of nitrogens with one attached hydrogen (secondary N) is 1. The summed E-state index contributed by atoms with van der Waals surface area (Å²) < 4.78 is 7.12. The van der Waals surface area contributed by atoms with Crippen molar-refractivity contribution in [1.82, 2.24) is 9.88 Å². The molecule has 2 rings (SSSR count). The van der Waals surface area contributed by atoms with Gasteiger partial charge in [-0.1, -0.05) is 12.1 Å². The highest BCUT2D eigenvalue weighted by molar-refractivity contribution is 5.34. The van der Waals surface area contributed by atoms with Crippen LogP contribution in [-0.4, -0.2) is 11.7 Å². The van der Waals surface area contributed by atoms with Crippen molar-refractivity contribution in [2.24, 2.45) is 7.05 Å². The fourth-order valence-electron chi connectivity index (χ4n) is 2.17. The predicted octanol–water partition coefficient (Wildman–Crippen LogP) is 2.50. The van der Waals surface area contributed by atoms with Crippen LogP contribution in [0.4, 0.5) is 0 Å². The van der Waals surface area contributed by atoms with E-state index in [4.69, 9.17) is 10.00 Å². The van der Waals surface area contributed by atoms with E-state index < -0.39 is 0 Å². The Morgan fingerprint density at radius 1 is 1.30 bits per heavy atom. The first-order valence-electron chi connectivity index (χ1n) is 6.54. The zero-order valence-corrected chi connectivity index (χ0v) is 12.1. The Kier molecular flexibility index (Phi) is 4.44. The summed E-state index contributed by atoms with van der Waals surface area (Å²) >= 11 is 0. The van der Waals surface area contributed by atoms with Crippen molar-refractivity contribution in [1.29, 1.82) is 5.26 Å². The normalized spacial score (nSPS) is 10.3. The van der Waals surface area contributed by atoms with Crippen LogP contribution in [0.15, 0.2) is 30.3 Å². The minimum absolute atomic E-state index is 0.695. The Labute approximate surface area is 119 Å². The second-order valence-corrected chi connectivity index (χ2v) is 4.77. The fraction of sp³-hybridized carbons (Fsp3) is 0.312. The third kappa shape index (κ3) is 3.01. The van der Waals surface area contributed by atoms with Gasteiger partial charge in [-0.05, 0) is 36.2 Å². The van der Waals surface area contributed by atoms with Crippen molar-refractivity contribution in [2.45, 2.75) is 20.0 Å². The highest BCUT2D eigenvalue weighted by atomic mass is 16.5. The van der Waals surface area contributed by atoms with Gasteiger partial charge in [0.25, 0.3) is 0 Å². The van der Waals surface area contributed by atoms with E-state index in [9.17, 15) is 0 Å². The number of rotatable bonds is 5. The highest BCUT2D eigenvalue weighted by Gasteiger charge is 2.07. The number of hydrogen-bond acceptors (Lipinski definition) is 3. The molecule has 0 spiro atoms. The Balaban J connectivity index is 1.98. The molecule has 104 valence electrons. The first-order chi connectivity index (χ1) is 9.65. The molecule has 20 heavy (non-hydrogen) atoms. The van der Waals surface area contributed by atoms with Crippen molar-refractivity contribution in [3.63, 3.8) is 0 Å². The summed E-state index contributed by atoms with van der Waals surface area (Å²) in [6.07, 6.45) is 0. The van der Waals surface area contributed by atoms with E-state index in [0.717, 1.165) is 30.1 Å². The van der Waals surface area contributed by atoms with E-state index in [2.05, 4.69) is 17.5 Å². The van der Waals surface area contributed by atoms with E-state index in [0.29, 0.717) is 5.69 Å². The van der Waals surface area contributed by atoms with Crippen molar-refractivity contribution in [3.05, 3.63) is 52.8 Å². The third-order valence-corrected chi connectivity index (χ3v) is 3.53. The summed E-state index contributed by atoms with van der Waals surface area (Å²) in [6, 6.07) is 12.1. The van der Waals surface area contributed by atoms with E-state index >= 15 is 0 Å². The van der Waals surface area contributed by atoms with Gasteiger partial charge in [0.15, 0.2) is 0 Å². The summed E-state index contributed by atoms with van der Waals surface area (Å²) in [6.45, 7) is 3.55. The fourth-order valence-corrected chi connectivity index (χ4v) is 2.17. The molecule has 0 saturated heterocycles. The Bertz CT molecular complexity index is 638. The lowest BCUT2D eigenvalue weighted by Crippen LogP contribution is -2.13. The van der Waals surface area contributed by atoms with Crippen molar-refractivity contribution >= 4 is 0 Å². The van der Waals surface area contributed by atoms with E-state index in [-0.39, 0.29) is 0 Å². The molecule has 2 aromatic rings. The monoisotopic (exact) mass is 269 g/mol. The van der Waals surface area contributed by atoms with Gasteiger partial charge < -0.3 is 14.6 Å². The second kappa shape index (κ2) is 6.27. The molecule has 1 aromatic carbocycles. The van der Waals surface area contributed by atoms with Gasteiger partial charge in [-0.3, -0.25) is 0 Å². The van der Waals surface area contributed by atoms with Crippen LogP contribution in [0, 0.1) is 18.3 Å². The molecule has 1 N–H and O–H groups in total. The average molecular weight is 269 g/mol. The van der Waals surface area contributed by atoms with Gasteiger partial charge in [0.05, 0.1) is 7.11 Å². The molecular formula is C16H19N3O. The smallest absolute Gasteiger partial charge is 0.120 e. The lowest BCUT2D eigenvalue weighted by molar-refractivity contribution is 0.414. The molecule has 4 heteroatoms. The number of benzene rings is 1. The zero-order chi connectivity index (χ0) is 14.5. The Hall–Kier alpha value is -2.25. The molecule has 0 aliphatic heterocycles. The molecule has 0 atom stereocenters. The zero-order valence-electron chi connectivity index (χ0n) is 12.1. The average Bonchev–Trinajstić information content (AvgIpc) is 2.75. The third-order valence-electron chi connectivity index (χ3n) is 3.53. The topological polar surface area (TPSA) is 50.0 Å². The van der Waals surface area contributed by atoms with Crippen LogP contribution in [-0.2, 0) is 20.1 Å². The number of nitriles is 1. The maximum absolute atomic E-state index is 9.01. The molecule has 1 heterocycles. The van der Waals surface area contributed by atoms with Gasteiger partial charge in [-0.15, -0.1) is 0 Å². The maximum Gasteiger partial charge on any atom is 0.120 e. The summed E-state index contributed by atoms with van der Waals surface area (Å²) in [7, 11) is 3.59. The summed E-state index contributed by atoms with van der Waals surface area (Å²) in [5.74, 6) is 0.868. The lowest BCUT2D eigenvalue weighted by atomic mass is 10.2. The van der Waals surface area contributed by atoms with Crippen LogP contribution < -0.4 is 10.1 Å². The van der Waals surface area contributed by atoms with Crippen LogP contribution in [0.2, 0.25) is 0 Å². The maximum atomic E-state index is 9.01. The minimum Gasteiger partial charge on any atom is -0.497 e. The summed E-state index contributed by atoms with van der Waals surface area (Å²) in [4.78, 5) is 0. The van der Waals surface area contributed by atoms with Crippen molar-refractivity contribution in [3.8, 4) is 11.8 Å². The highest BCUT2D eigenvalue weighted by Crippen LogP contribution is 2.14. The van der Waals surface area contributed by atoms with E-state index in [1.165, 1.54) is 5.56 Å². The Morgan fingerprint density at radius 2 is 2.10 bits per heavy atom. The van der Waals surface area contributed by atoms with Crippen LogP contribution in [0.3, 0.4) is 0 Å². The standard InChI is InChI=1S/C16H19N3O/c1-12-14(8-15(9-17)19(12)2)11-18-10-13-5-4-6-16(7-13)20-3/h4-8,18H,10-11H2,1-3H3. The summed E-state index contributed by atoms with van der Waals surface area (Å²) in [5.41, 5.74) is 4.16. The largest absolute Gasteiger partial charge is 0.497 e. The molecule has 0 aliphatic carbocycles. The number of aromatic nitrogens is 1. The van der Waals surface area contributed by atoms with Crippen molar-refractivity contribution in [2.75, 3.05) is 7.11 Å². The van der Waals surface area contributed by atoms with Crippen LogP contribution in [0.25, 0.3) is 0 Å². The van der Waals surface area contributed by atoms with Gasteiger partial charge in [0.2, 0.25) is 0 Å². The van der Waals surface area contributed by atoms with Crippen LogP contribution in [0.5, 0.6) is 5.75 Å². The van der Waals surface area contributed by atoms with Crippen LogP contribution >= 0.6 is 0 Å². The molecule has 4 nitrogen and oxygen atoms in total. The number of hydrogen-bond donors (Lipinski definition) is 1. The SMILES string of the molecule is COc1cccc(CNCc2cc(C#N)n(C)c2C)c1. The molecule has 0 amide bonds. The molecule has 0 fully saturated rings. The van der Waals surface area contributed by atoms with Gasteiger partial charge in [0, 0.05) is 25.8 Å².